The van der Waals surface area contributed by atoms with Crippen molar-refractivity contribution in [1.29, 1.82) is 0 Å². The van der Waals surface area contributed by atoms with Crippen LogP contribution >= 0.6 is 0 Å². The summed E-state index contributed by atoms with van der Waals surface area (Å²) in [4.78, 5) is 15.0. The average Bonchev–Trinajstić information content (AvgIpc) is 2.89. The predicted octanol–water partition coefficient (Wildman–Crippen LogP) is 0.644. The molecule has 2 aliphatic rings. The zero-order valence-electron chi connectivity index (χ0n) is 11.7. The fourth-order valence-electron chi connectivity index (χ4n) is 3.29. The van der Waals surface area contributed by atoms with Crippen LogP contribution in [0.2, 0.25) is 0 Å². The van der Waals surface area contributed by atoms with E-state index in [1.165, 1.54) is 22.2 Å². The van der Waals surface area contributed by atoms with Crippen LogP contribution in [0.25, 0.3) is 11.1 Å². The van der Waals surface area contributed by atoms with Crippen molar-refractivity contribution in [3.63, 3.8) is 0 Å². The van der Waals surface area contributed by atoms with Gasteiger partial charge in [-0.25, -0.2) is 4.98 Å². The third-order valence-electron chi connectivity index (χ3n) is 4.09. The van der Waals surface area contributed by atoms with Gasteiger partial charge >= 0.3 is 0 Å². The predicted molar refractivity (Wildman–Crippen MR) is 73.7 cm³/mol. The molecule has 2 atom stereocenters. The largest absolute Gasteiger partial charge is 0.345 e. The minimum atomic E-state index is 0.249. The first-order chi connectivity index (χ1) is 8.52. The summed E-state index contributed by atoms with van der Waals surface area (Å²) in [5.74, 6) is 0. The van der Waals surface area contributed by atoms with E-state index in [4.69, 9.17) is 4.99 Å². The molecule has 4 nitrogen and oxygen atoms in total. The van der Waals surface area contributed by atoms with Crippen LogP contribution in [0.15, 0.2) is 11.3 Å². The van der Waals surface area contributed by atoms with Crippen molar-refractivity contribution >= 4 is 16.9 Å². The first-order valence-electron chi connectivity index (χ1n) is 6.59. The molecule has 3 rings (SSSR count). The van der Waals surface area contributed by atoms with Crippen molar-refractivity contribution in [1.82, 2.24) is 14.9 Å². The third-order valence-corrected chi connectivity index (χ3v) is 4.09. The lowest BCUT2D eigenvalue weighted by Crippen LogP contribution is -2.50. The molecule has 1 aliphatic heterocycles. The Kier molecular flexibility index (Phi) is 2.45. The summed E-state index contributed by atoms with van der Waals surface area (Å²) in [6, 6.07) is 0.798. The molecule has 0 amide bonds. The fourth-order valence-corrected chi connectivity index (χ4v) is 3.29. The van der Waals surface area contributed by atoms with E-state index in [9.17, 15) is 0 Å². The first kappa shape index (κ1) is 11.7. The number of fused-ring (bicyclic) bond motifs is 2. The Labute approximate surface area is 107 Å². The lowest BCUT2D eigenvalue weighted by atomic mass is 9.92. The van der Waals surface area contributed by atoms with E-state index in [1.54, 1.807) is 6.33 Å². The molecular formula is C14H20N4. The van der Waals surface area contributed by atoms with Gasteiger partial charge in [0.25, 0.3) is 0 Å². The standard InChI is InChI=1S/C14H20N4/c1-7(2)18-10(5)17-13-8(3)11-12(16-6-15-11)9(4)14(13)18/h6-7,10,14H,1-5H3,(H,15,16). The van der Waals surface area contributed by atoms with Crippen LogP contribution in [0.4, 0.5) is 0 Å². The molecule has 1 aliphatic carbocycles. The van der Waals surface area contributed by atoms with Crippen molar-refractivity contribution < 1.29 is 0 Å². The van der Waals surface area contributed by atoms with Gasteiger partial charge in [-0.05, 0) is 45.8 Å². The fraction of sp³-hybridized carbons (Fsp3) is 0.571. The third kappa shape index (κ3) is 1.35. The van der Waals surface area contributed by atoms with Gasteiger partial charge in [0.05, 0.1) is 28.8 Å². The Morgan fingerprint density at radius 2 is 2.06 bits per heavy atom. The minimum Gasteiger partial charge on any atom is -0.345 e. The molecule has 18 heavy (non-hydrogen) atoms. The number of aliphatic imine (C=N–C) groups is 1. The molecule has 1 aromatic heterocycles. The van der Waals surface area contributed by atoms with Gasteiger partial charge in [0.1, 0.15) is 6.17 Å². The lowest BCUT2D eigenvalue weighted by molar-refractivity contribution is 0.186. The lowest BCUT2D eigenvalue weighted by Gasteiger charge is -2.33. The number of nitrogens with zero attached hydrogens (tertiary/aromatic N) is 3. The maximum Gasteiger partial charge on any atom is 0.100 e. The summed E-state index contributed by atoms with van der Waals surface area (Å²) in [5.41, 5.74) is 3.76. The Morgan fingerprint density at radius 1 is 1.33 bits per heavy atom. The molecule has 0 aromatic carbocycles. The zero-order chi connectivity index (χ0) is 13.0. The Morgan fingerprint density at radius 3 is 2.72 bits per heavy atom. The summed E-state index contributed by atoms with van der Waals surface area (Å²) >= 11 is 0. The van der Waals surface area contributed by atoms with E-state index in [2.05, 4.69) is 49.5 Å². The molecule has 0 saturated carbocycles. The summed E-state index contributed by atoms with van der Waals surface area (Å²) in [6.45, 7) is 11.0. The molecule has 2 unspecified atom stereocenters. The van der Waals surface area contributed by atoms with E-state index >= 15 is 0 Å². The molecular weight excluding hydrogens is 224 g/mol. The second kappa shape index (κ2) is 3.79. The summed E-state index contributed by atoms with van der Waals surface area (Å²) in [7, 11) is 0. The highest BCUT2D eigenvalue weighted by Crippen LogP contribution is 2.29. The van der Waals surface area contributed by atoms with Crippen molar-refractivity contribution in [3.05, 3.63) is 17.0 Å². The molecule has 2 heterocycles. The molecule has 1 aromatic rings. The van der Waals surface area contributed by atoms with Gasteiger partial charge in [-0.2, -0.15) is 0 Å². The molecule has 0 fully saturated rings. The van der Waals surface area contributed by atoms with E-state index in [1.807, 2.05) is 0 Å². The van der Waals surface area contributed by atoms with Crippen molar-refractivity contribution in [2.45, 2.75) is 52.9 Å². The van der Waals surface area contributed by atoms with Crippen LogP contribution in [-0.2, 0) is 0 Å². The van der Waals surface area contributed by atoms with Crippen molar-refractivity contribution in [3.8, 4) is 0 Å². The number of imidazole rings is 1. The van der Waals surface area contributed by atoms with Gasteiger partial charge < -0.3 is 4.98 Å². The van der Waals surface area contributed by atoms with Gasteiger partial charge in [-0.3, -0.25) is 9.89 Å². The van der Waals surface area contributed by atoms with Gasteiger partial charge in [-0.15, -0.1) is 0 Å². The van der Waals surface area contributed by atoms with Crippen LogP contribution in [0.3, 0.4) is 0 Å². The average molecular weight is 244 g/mol. The number of nitrogens with one attached hydrogen (secondary N) is 1. The Balaban J connectivity index is 2.28. The number of rotatable bonds is 1. The Hall–Kier alpha value is -1.42. The molecule has 0 spiro atoms. The number of hydrogen-bond acceptors (Lipinski definition) is 3. The number of hydrogen-bond donors (Lipinski definition) is 1. The summed E-state index contributed by atoms with van der Waals surface area (Å²) in [5, 5.41) is 2.25. The zero-order valence-corrected chi connectivity index (χ0v) is 11.7. The van der Waals surface area contributed by atoms with E-state index < -0.39 is 0 Å². The highest BCUT2D eigenvalue weighted by Gasteiger charge is 2.39. The maximum atomic E-state index is 4.85. The number of H-pyrrole nitrogens is 1. The summed E-state index contributed by atoms with van der Waals surface area (Å²) in [6.07, 6.45) is 2.03. The van der Waals surface area contributed by atoms with Crippen LogP contribution in [0, 0.1) is 0 Å². The van der Waals surface area contributed by atoms with Crippen LogP contribution in [0.5, 0.6) is 0 Å². The van der Waals surface area contributed by atoms with Gasteiger partial charge in [-0.1, -0.05) is 0 Å². The van der Waals surface area contributed by atoms with Gasteiger partial charge in [0.2, 0.25) is 0 Å². The maximum absolute atomic E-state index is 4.85. The van der Waals surface area contributed by atoms with Crippen LogP contribution < -0.4 is 10.7 Å². The highest BCUT2D eigenvalue weighted by molar-refractivity contribution is 6.25. The molecule has 0 saturated heterocycles. The minimum absolute atomic E-state index is 0.249. The SMILES string of the molecule is CC1=c2nc[nH]c2=C(C)C2C1=NC(C)N2C(C)C. The van der Waals surface area contributed by atoms with E-state index in [-0.39, 0.29) is 6.17 Å². The summed E-state index contributed by atoms with van der Waals surface area (Å²) < 4.78 is 0. The number of aromatic nitrogens is 2. The van der Waals surface area contributed by atoms with Crippen molar-refractivity contribution in [2.24, 2.45) is 4.99 Å². The quantitative estimate of drug-likeness (QED) is 0.788. The Bertz CT molecular complexity index is 635. The monoisotopic (exact) mass is 244 g/mol. The molecule has 1 N–H and O–H groups in total. The first-order valence-corrected chi connectivity index (χ1v) is 6.59. The topological polar surface area (TPSA) is 44.3 Å². The second-order valence-electron chi connectivity index (χ2n) is 5.52. The van der Waals surface area contributed by atoms with Crippen molar-refractivity contribution in [2.75, 3.05) is 0 Å². The van der Waals surface area contributed by atoms with Crippen LogP contribution in [0.1, 0.15) is 34.6 Å². The highest BCUT2D eigenvalue weighted by atomic mass is 15.3. The molecule has 96 valence electrons. The molecule has 4 heteroatoms. The molecule has 0 radical (unpaired) electrons. The van der Waals surface area contributed by atoms with Crippen LogP contribution in [-0.4, -0.2) is 38.8 Å². The van der Waals surface area contributed by atoms with E-state index in [0.29, 0.717) is 12.1 Å². The van der Waals surface area contributed by atoms with Gasteiger partial charge in [0.15, 0.2) is 0 Å². The van der Waals surface area contributed by atoms with E-state index in [0.717, 1.165) is 5.35 Å². The second-order valence-corrected chi connectivity index (χ2v) is 5.52. The molecule has 0 bridgehead atoms. The normalized spacial score (nSPS) is 27.6. The van der Waals surface area contributed by atoms with Gasteiger partial charge in [0, 0.05) is 6.04 Å². The smallest absolute Gasteiger partial charge is 0.100 e. The number of aromatic amines is 1.